The molecule has 1 aliphatic heterocycles. The molecule has 0 radical (unpaired) electrons. The molecule has 0 aliphatic carbocycles. The van der Waals surface area contributed by atoms with Crippen molar-refractivity contribution in [2.45, 2.75) is 13.8 Å². The highest BCUT2D eigenvalue weighted by atomic mass is 16.5. The minimum absolute atomic E-state index is 0.00923. The molecule has 3 aromatic carbocycles. The average molecular weight is 467 g/mol. The molecule has 0 atom stereocenters. The van der Waals surface area contributed by atoms with Crippen LogP contribution in [0.3, 0.4) is 0 Å². The Bertz CT molecular complexity index is 1320. The molecule has 0 saturated carbocycles. The number of carbonyl (C=O) groups is 1. The van der Waals surface area contributed by atoms with Gasteiger partial charge in [0.25, 0.3) is 5.91 Å². The SMILES string of the molecule is COc1ccc(N2CCN(C(=O)c3cc(-c4ccccc4)nn3-c3cc(C)ccc3C)CC2)cc1. The number of ether oxygens (including phenoxy) is 1. The van der Waals surface area contributed by atoms with Crippen LogP contribution in [0.25, 0.3) is 16.9 Å². The van der Waals surface area contributed by atoms with Crippen molar-refractivity contribution in [2.24, 2.45) is 0 Å². The van der Waals surface area contributed by atoms with Crippen LogP contribution >= 0.6 is 0 Å². The first-order valence-electron chi connectivity index (χ1n) is 11.9. The van der Waals surface area contributed by atoms with E-state index in [1.807, 2.05) is 58.1 Å². The summed E-state index contributed by atoms with van der Waals surface area (Å²) in [4.78, 5) is 18.0. The molecule has 6 nitrogen and oxygen atoms in total. The molecule has 5 rings (SSSR count). The molecule has 6 heteroatoms. The fourth-order valence-corrected chi connectivity index (χ4v) is 4.54. The zero-order valence-electron chi connectivity index (χ0n) is 20.4. The topological polar surface area (TPSA) is 50.6 Å². The van der Waals surface area contributed by atoms with E-state index < -0.39 is 0 Å². The number of piperazine rings is 1. The van der Waals surface area contributed by atoms with Crippen molar-refractivity contribution in [1.29, 1.82) is 0 Å². The van der Waals surface area contributed by atoms with Crippen LogP contribution in [0.5, 0.6) is 5.75 Å². The summed E-state index contributed by atoms with van der Waals surface area (Å²) in [5.41, 5.74) is 6.68. The van der Waals surface area contributed by atoms with Crippen molar-refractivity contribution in [2.75, 3.05) is 38.2 Å². The number of carbonyl (C=O) groups excluding carboxylic acids is 1. The lowest BCUT2D eigenvalue weighted by Crippen LogP contribution is -2.49. The summed E-state index contributed by atoms with van der Waals surface area (Å²) in [5, 5.41) is 4.89. The van der Waals surface area contributed by atoms with Gasteiger partial charge in [-0.25, -0.2) is 4.68 Å². The summed E-state index contributed by atoms with van der Waals surface area (Å²) < 4.78 is 7.09. The molecule has 1 saturated heterocycles. The summed E-state index contributed by atoms with van der Waals surface area (Å²) >= 11 is 0. The Kier molecular flexibility index (Phi) is 6.27. The van der Waals surface area contributed by atoms with Crippen molar-refractivity contribution < 1.29 is 9.53 Å². The third-order valence-electron chi connectivity index (χ3n) is 6.60. The Morgan fingerprint density at radius 1 is 0.857 bits per heavy atom. The van der Waals surface area contributed by atoms with Crippen molar-refractivity contribution in [3.05, 3.63) is 95.7 Å². The van der Waals surface area contributed by atoms with Crippen LogP contribution in [-0.2, 0) is 0 Å². The third-order valence-corrected chi connectivity index (χ3v) is 6.60. The number of rotatable bonds is 5. The van der Waals surface area contributed by atoms with Gasteiger partial charge in [0.1, 0.15) is 11.4 Å². The zero-order valence-corrected chi connectivity index (χ0v) is 20.4. The van der Waals surface area contributed by atoms with Gasteiger partial charge >= 0.3 is 0 Å². The number of benzene rings is 3. The summed E-state index contributed by atoms with van der Waals surface area (Å²) in [5.74, 6) is 0.853. The molecular weight excluding hydrogens is 436 g/mol. The van der Waals surface area contributed by atoms with E-state index in [0.717, 1.165) is 52.6 Å². The third kappa shape index (κ3) is 4.64. The molecule has 1 fully saturated rings. The number of anilines is 1. The number of hydrogen-bond acceptors (Lipinski definition) is 4. The fourth-order valence-electron chi connectivity index (χ4n) is 4.54. The highest BCUT2D eigenvalue weighted by Gasteiger charge is 2.27. The Morgan fingerprint density at radius 2 is 1.57 bits per heavy atom. The highest BCUT2D eigenvalue weighted by molar-refractivity contribution is 5.94. The number of hydrogen-bond donors (Lipinski definition) is 0. The van der Waals surface area contributed by atoms with Crippen LogP contribution in [-0.4, -0.2) is 53.9 Å². The number of methoxy groups -OCH3 is 1. The number of amides is 1. The van der Waals surface area contributed by atoms with Gasteiger partial charge in [-0.15, -0.1) is 0 Å². The minimum Gasteiger partial charge on any atom is -0.497 e. The summed E-state index contributed by atoms with van der Waals surface area (Å²) in [6.07, 6.45) is 0. The molecule has 35 heavy (non-hydrogen) atoms. The summed E-state index contributed by atoms with van der Waals surface area (Å²) in [6, 6.07) is 26.3. The highest BCUT2D eigenvalue weighted by Crippen LogP contribution is 2.26. The molecule has 0 bridgehead atoms. The first-order chi connectivity index (χ1) is 17.0. The van der Waals surface area contributed by atoms with Crippen LogP contribution < -0.4 is 9.64 Å². The average Bonchev–Trinajstić information content (AvgIpc) is 3.35. The number of nitrogens with zero attached hydrogens (tertiary/aromatic N) is 4. The van der Waals surface area contributed by atoms with Crippen LogP contribution in [0.1, 0.15) is 21.6 Å². The Balaban J connectivity index is 1.43. The molecule has 2 heterocycles. The largest absolute Gasteiger partial charge is 0.497 e. The zero-order chi connectivity index (χ0) is 24.4. The van der Waals surface area contributed by atoms with Gasteiger partial charge in [0.05, 0.1) is 18.5 Å². The van der Waals surface area contributed by atoms with E-state index in [9.17, 15) is 4.79 Å². The summed E-state index contributed by atoms with van der Waals surface area (Å²) in [7, 11) is 1.67. The van der Waals surface area contributed by atoms with E-state index >= 15 is 0 Å². The monoisotopic (exact) mass is 466 g/mol. The Hall–Kier alpha value is -4.06. The van der Waals surface area contributed by atoms with Crippen molar-refractivity contribution in [3.8, 4) is 22.7 Å². The van der Waals surface area contributed by atoms with Crippen LogP contribution in [0.15, 0.2) is 78.9 Å². The van der Waals surface area contributed by atoms with Crippen molar-refractivity contribution in [3.63, 3.8) is 0 Å². The molecule has 178 valence electrons. The quantitative estimate of drug-likeness (QED) is 0.409. The maximum Gasteiger partial charge on any atom is 0.272 e. The van der Waals surface area contributed by atoms with Crippen LogP contribution in [0.4, 0.5) is 5.69 Å². The molecule has 0 spiro atoms. The van der Waals surface area contributed by atoms with E-state index in [1.54, 1.807) is 7.11 Å². The molecular formula is C29H30N4O2. The second-order valence-corrected chi connectivity index (χ2v) is 8.96. The van der Waals surface area contributed by atoms with Crippen molar-refractivity contribution in [1.82, 2.24) is 14.7 Å². The van der Waals surface area contributed by atoms with Crippen LogP contribution in [0, 0.1) is 13.8 Å². The van der Waals surface area contributed by atoms with Gasteiger partial charge in [-0.2, -0.15) is 5.10 Å². The molecule has 0 unspecified atom stereocenters. The maximum absolute atomic E-state index is 13.8. The van der Waals surface area contributed by atoms with Crippen molar-refractivity contribution >= 4 is 11.6 Å². The van der Waals surface area contributed by atoms with Gasteiger partial charge in [0.15, 0.2) is 0 Å². The van der Waals surface area contributed by atoms with E-state index in [1.165, 1.54) is 0 Å². The predicted octanol–water partition coefficient (Wildman–Crippen LogP) is 5.13. The minimum atomic E-state index is 0.00923. The standard InChI is InChI=1S/C29H30N4O2/c1-21-9-10-22(2)27(19-21)33-28(20-26(30-33)23-7-5-4-6-8-23)29(34)32-17-15-31(16-18-32)24-11-13-25(35-3)14-12-24/h4-14,19-20H,15-18H2,1-3H3. The smallest absolute Gasteiger partial charge is 0.272 e. The van der Waals surface area contributed by atoms with E-state index in [0.29, 0.717) is 18.8 Å². The molecule has 0 N–H and O–H groups in total. The van der Waals surface area contributed by atoms with Gasteiger partial charge in [-0.3, -0.25) is 4.79 Å². The Labute approximate surface area is 206 Å². The lowest BCUT2D eigenvalue weighted by molar-refractivity contribution is 0.0737. The van der Waals surface area contributed by atoms with Gasteiger partial charge in [-0.05, 0) is 61.4 Å². The maximum atomic E-state index is 13.8. The predicted molar refractivity (Wildman–Crippen MR) is 140 cm³/mol. The first-order valence-corrected chi connectivity index (χ1v) is 11.9. The lowest BCUT2D eigenvalue weighted by Gasteiger charge is -2.36. The lowest BCUT2D eigenvalue weighted by atomic mass is 10.1. The Morgan fingerprint density at radius 3 is 2.26 bits per heavy atom. The van der Waals surface area contributed by atoms with Gasteiger partial charge in [0, 0.05) is 37.4 Å². The number of aryl methyl sites for hydroxylation is 2. The first kappa shape index (κ1) is 22.7. The second-order valence-electron chi connectivity index (χ2n) is 8.96. The summed E-state index contributed by atoms with van der Waals surface area (Å²) in [6.45, 7) is 6.99. The van der Waals surface area contributed by atoms with E-state index in [2.05, 4.69) is 49.1 Å². The molecule has 1 aromatic heterocycles. The van der Waals surface area contributed by atoms with Crippen LogP contribution in [0.2, 0.25) is 0 Å². The van der Waals surface area contributed by atoms with E-state index in [4.69, 9.17) is 9.84 Å². The molecule has 1 aliphatic rings. The van der Waals surface area contributed by atoms with E-state index in [-0.39, 0.29) is 5.91 Å². The molecule has 1 amide bonds. The second kappa shape index (κ2) is 9.66. The molecule has 4 aromatic rings. The fraction of sp³-hybridized carbons (Fsp3) is 0.241. The van der Waals surface area contributed by atoms with Gasteiger partial charge in [0.2, 0.25) is 0 Å². The van der Waals surface area contributed by atoms with Gasteiger partial charge in [-0.1, -0.05) is 42.5 Å². The number of aromatic nitrogens is 2. The normalized spacial score (nSPS) is 13.7. The van der Waals surface area contributed by atoms with Gasteiger partial charge < -0.3 is 14.5 Å².